The fraction of sp³-hybridized carbons (Fsp3) is 0.692. The Morgan fingerprint density at radius 1 is 1.42 bits per heavy atom. The largest absolute Gasteiger partial charge is 0.378 e. The lowest BCUT2D eigenvalue weighted by atomic mass is 9.92. The second-order valence-corrected chi connectivity index (χ2v) is 5.27. The second kappa shape index (κ2) is 5.30. The van der Waals surface area contributed by atoms with Crippen LogP contribution in [0.25, 0.3) is 0 Å². The molecule has 6 nitrogen and oxygen atoms in total. The number of aryl methyl sites for hydroxylation is 1. The number of hydrogen-bond acceptors (Lipinski definition) is 4. The quantitative estimate of drug-likeness (QED) is 0.788. The van der Waals surface area contributed by atoms with Gasteiger partial charge in [-0.3, -0.25) is 4.79 Å². The van der Waals surface area contributed by atoms with Crippen LogP contribution in [0.2, 0.25) is 0 Å². The Balaban J connectivity index is 1.73. The fourth-order valence-electron chi connectivity index (χ4n) is 2.89. The van der Waals surface area contributed by atoms with E-state index in [-0.39, 0.29) is 17.7 Å². The average Bonchev–Trinajstić information content (AvgIpc) is 3.07. The van der Waals surface area contributed by atoms with Crippen LogP contribution in [0.1, 0.15) is 11.6 Å². The minimum absolute atomic E-state index is 0.00741. The standard InChI is InChI=1S/C13H20N4O2/c1-16-8-12(15-9-16)10-6-14-7-11(10)13(18)17-2-4-19-5-3-17/h8-11,14H,2-7H2,1H3/t10-,11-/m1/s1. The van der Waals surface area contributed by atoms with E-state index < -0.39 is 0 Å². The second-order valence-electron chi connectivity index (χ2n) is 5.27. The smallest absolute Gasteiger partial charge is 0.227 e. The molecule has 0 saturated carbocycles. The molecule has 1 aromatic heterocycles. The third-order valence-corrected chi connectivity index (χ3v) is 3.96. The lowest BCUT2D eigenvalue weighted by Crippen LogP contribution is -2.45. The minimum Gasteiger partial charge on any atom is -0.378 e. The summed E-state index contributed by atoms with van der Waals surface area (Å²) in [7, 11) is 1.96. The number of nitrogens with zero attached hydrogens (tertiary/aromatic N) is 3. The Bertz CT molecular complexity index is 453. The Morgan fingerprint density at radius 3 is 2.89 bits per heavy atom. The Kier molecular flexibility index (Phi) is 3.52. The van der Waals surface area contributed by atoms with Crippen LogP contribution in [0.5, 0.6) is 0 Å². The number of nitrogens with one attached hydrogen (secondary N) is 1. The van der Waals surface area contributed by atoms with Gasteiger partial charge in [0.1, 0.15) is 0 Å². The third kappa shape index (κ3) is 2.50. The summed E-state index contributed by atoms with van der Waals surface area (Å²) in [5, 5.41) is 3.32. The molecule has 0 bridgehead atoms. The van der Waals surface area contributed by atoms with Crippen LogP contribution in [0.15, 0.2) is 12.5 Å². The summed E-state index contributed by atoms with van der Waals surface area (Å²) in [6.45, 7) is 4.31. The summed E-state index contributed by atoms with van der Waals surface area (Å²) in [5.74, 6) is 0.438. The van der Waals surface area contributed by atoms with Crippen molar-refractivity contribution in [3.8, 4) is 0 Å². The zero-order chi connectivity index (χ0) is 13.2. The molecule has 2 aliphatic heterocycles. The van der Waals surface area contributed by atoms with E-state index in [9.17, 15) is 4.79 Å². The van der Waals surface area contributed by atoms with Gasteiger partial charge in [-0.05, 0) is 0 Å². The van der Waals surface area contributed by atoms with Crippen LogP contribution < -0.4 is 5.32 Å². The number of aromatic nitrogens is 2. The zero-order valence-corrected chi connectivity index (χ0v) is 11.2. The molecule has 1 N–H and O–H groups in total. The van der Waals surface area contributed by atoms with Crippen molar-refractivity contribution < 1.29 is 9.53 Å². The van der Waals surface area contributed by atoms with Gasteiger partial charge in [0.15, 0.2) is 0 Å². The topological polar surface area (TPSA) is 59.4 Å². The monoisotopic (exact) mass is 264 g/mol. The number of ether oxygens (including phenoxy) is 1. The molecule has 0 aliphatic carbocycles. The first-order chi connectivity index (χ1) is 9.25. The lowest BCUT2D eigenvalue weighted by Gasteiger charge is -2.30. The molecule has 0 radical (unpaired) electrons. The number of carbonyl (C=O) groups excluding carboxylic acids is 1. The van der Waals surface area contributed by atoms with Gasteiger partial charge < -0.3 is 19.5 Å². The van der Waals surface area contributed by atoms with Gasteiger partial charge in [0.25, 0.3) is 0 Å². The molecule has 104 valence electrons. The molecule has 2 saturated heterocycles. The maximum atomic E-state index is 12.6. The molecule has 6 heteroatoms. The lowest BCUT2D eigenvalue weighted by molar-refractivity contribution is -0.139. The van der Waals surface area contributed by atoms with Crippen molar-refractivity contribution >= 4 is 5.91 Å². The Hall–Kier alpha value is -1.40. The molecule has 3 rings (SSSR count). The van der Waals surface area contributed by atoms with E-state index in [2.05, 4.69) is 10.3 Å². The average molecular weight is 264 g/mol. The van der Waals surface area contributed by atoms with Crippen LogP contribution in [0.4, 0.5) is 0 Å². The zero-order valence-electron chi connectivity index (χ0n) is 11.2. The molecule has 2 aliphatic rings. The maximum Gasteiger partial charge on any atom is 0.227 e. The summed E-state index contributed by atoms with van der Waals surface area (Å²) in [6.07, 6.45) is 3.81. The summed E-state index contributed by atoms with van der Waals surface area (Å²) in [5.41, 5.74) is 1.01. The van der Waals surface area contributed by atoms with Crippen molar-refractivity contribution in [2.75, 3.05) is 39.4 Å². The van der Waals surface area contributed by atoms with Crippen LogP contribution in [0.3, 0.4) is 0 Å². The first kappa shape index (κ1) is 12.6. The number of rotatable bonds is 2. The van der Waals surface area contributed by atoms with Gasteiger partial charge in [-0.15, -0.1) is 0 Å². The van der Waals surface area contributed by atoms with E-state index in [0.717, 1.165) is 18.8 Å². The molecule has 0 unspecified atom stereocenters. The first-order valence-corrected chi connectivity index (χ1v) is 6.81. The SMILES string of the molecule is Cn1cnc([C@@H]2CNC[C@H]2C(=O)N2CCOCC2)c1. The molecule has 2 atom stereocenters. The molecule has 19 heavy (non-hydrogen) atoms. The maximum absolute atomic E-state index is 12.6. The highest BCUT2D eigenvalue weighted by Crippen LogP contribution is 2.28. The van der Waals surface area contributed by atoms with Gasteiger partial charge in [0.05, 0.1) is 31.2 Å². The molecule has 2 fully saturated rings. The predicted molar refractivity (Wildman–Crippen MR) is 69.7 cm³/mol. The fourth-order valence-corrected chi connectivity index (χ4v) is 2.89. The Labute approximate surface area is 112 Å². The number of morpholine rings is 1. The highest BCUT2D eigenvalue weighted by Gasteiger charge is 2.37. The van der Waals surface area contributed by atoms with Crippen LogP contribution in [0, 0.1) is 5.92 Å². The first-order valence-electron chi connectivity index (χ1n) is 6.81. The molecular formula is C13H20N4O2. The molecule has 3 heterocycles. The van der Waals surface area contributed by atoms with E-state index in [1.165, 1.54) is 0 Å². The summed E-state index contributed by atoms with van der Waals surface area (Å²) < 4.78 is 7.24. The number of hydrogen-bond donors (Lipinski definition) is 1. The van der Waals surface area contributed by atoms with Crippen molar-refractivity contribution in [2.24, 2.45) is 13.0 Å². The minimum atomic E-state index is 0.00741. The van der Waals surface area contributed by atoms with E-state index in [1.807, 2.05) is 22.7 Å². The van der Waals surface area contributed by atoms with Crippen molar-refractivity contribution in [3.63, 3.8) is 0 Å². The van der Waals surface area contributed by atoms with E-state index in [0.29, 0.717) is 26.3 Å². The van der Waals surface area contributed by atoms with E-state index in [1.54, 1.807) is 6.33 Å². The molecule has 1 amide bonds. The van der Waals surface area contributed by atoms with Gasteiger partial charge in [-0.25, -0.2) is 4.98 Å². The van der Waals surface area contributed by atoms with Gasteiger partial charge in [0.2, 0.25) is 5.91 Å². The van der Waals surface area contributed by atoms with Crippen LogP contribution in [-0.4, -0.2) is 59.8 Å². The van der Waals surface area contributed by atoms with Gasteiger partial charge in [0, 0.05) is 45.3 Å². The predicted octanol–water partition coefficient (Wildman–Crippen LogP) is -0.418. The van der Waals surface area contributed by atoms with E-state index in [4.69, 9.17) is 4.74 Å². The third-order valence-electron chi connectivity index (χ3n) is 3.96. The van der Waals surface area contributed by atoms with Gasteiger partial charge in [-0.1, -0.05) is 0 Å². The number of amides is 1. The van der Waals surface area contributed by atoms with Crippen molar-refractivity contribution in [3.05, 3.63) is 18.2 Å². The summed E-state index contributed by atoms with van der Waals surface area (Å²) in [6, 6.07) is 0. The van der Waals surface area contributed by atoms with Crippen LogP contribution in [-0.2, 0) is 16.6 Å². The van der Waals surface area contributed by atoms with Crippen molar-refractivity contribution in [1.82, 2.24) is 19.8 Å². The van der Waals surface area contributed by atoms with Crippen molar-refractivity contribution in [1.29, 1.82) is 0 Å². The van der Waals surface area contributed by atoms with Gasteiger partial charge >= 0.3 is 0 Å². The van der Waals surface area contributed by atoms with E-state index >= 15 is 0 Å². The van der Waals surface area contributed by atoms with Crippen molar-refractivity contribution in [2.45, 2.75) is 5.92 Å². The Morgan fingerprint density at radius 2 is 2.21 bits per heavy atom. The molecule has 1 aromatic rings. The molecular weight excluding hydrogens is 244 g/mol. The highest BCUT2D eigenvalue weighted by molar-refractivity contribution is 5.80. The molecule has 0 aromatic carbocycles. The van der Waals surface area contributed by atoms with Gasteiger partial charge in [-0.2, -0.15) is 0 Å². The highest BCUT2D eigenvalue weighted by atomic mass is 16.5. The van der Waals surface area contributed by atoms with Crippen LogP contribution >= 0.6 is 0 Å². The number of carbonyl (C=O) groups is 1. The number of imidazole rings is 1. The normalized spacial score (nSPS) is 27.7. The molecule has 0 spiro atoms. The summed E-state index contributed by atoms with van der Waals surface area (Å²) >= 11 is 0. The summed E-state index contributed by atoms with van der Waals surface area (Å²) in [4.78, 5) is 18.9.